The Balaban J connectivity index is 1.53. The summed E-state index contributed by atoms with van der Waals surface area (Å²) in [5, 5.41) is 15.3. The van der Waals surface area contributed by atoms with E-state index in [0.29, 0.717) is 93.1 Å². The normalized spacial score (nSPS) is 16.4. The Morgan fingerprint density at radius 2 is 1.42 bits per heavy atom. The van der Waals surface area contributed by atoms with Crippen LogP contribution in [0.3, 0.4) is 0 Å². The number of aryl methyl sites for hydroxylation is 1. The number of carbonyl (C=O) groups excluding carboxylic acids is 1. The zero-order valence-corrected chi connectivity index (χ0v) is 36.9. The van der Waals surface area contributed by atoms with Gasteiger partial charge in [-0.25, -0.2) is 4.42 Å². The van der Waals surface area contributed by atoms with Crippen molar-refractivity contribution in [2.75, 3.05) is 26.4 Å². The number of hydrogen-bond acceptors (Lipinski definition) is 5. The van der Waals surface area contributed by atoms with E-state index in [4.69, 9.17) is 53.4 Å². The Morgan fingerprint density at radius 3 is 2.04 bits per heavy atom. The van der Waals surface area contributed by atoms with Crippen LogP contribution in [0.25, 0.3) is 23.2 Å². The second-order valence-corrected chi connectivity index (χ2v) is 18.3. The number of allylic oxidation sites excluding steroid dienone is 6. The van der Waals surface area contributed by atoms with E-state index < -0.39 is 10.8 Å². The Morgan fingerprint density at radius 1 is 0.789 bits per heavy atom. The quantitative estimate of drug-likeness (QED) is 0.0766. The van der Waals surface area contributed by atoms with Crippen LogP contribution in [0.1, 0.15) is 97.6 Å². The van der Waals surface area contributed by atoms with Gasteiger partial charge in [0.25, 0.3) is 0 Å². The largest absolute Gasteiger partial charge is 0.871 e. The van der Waals surface area contributed by atoms with E-state index in [-0.39, 0.29) is 22.7 Å². The second kappa shape index (κ2) is 18.9. The fraction of sp³-hybridized carbons (Fsp3) is 0.417. The highest BCUT2D eigenvalue weighted by Gasteiger charge is 2.36. The monoisotopic (exact) mass is 832 g/mol. The summed E-state index contributed by atoms with van der Waals surface area (Å²) in [5.74, 6) is 2.80. The minimum Gasteiger partial charge on any atom is -0.871 e. The van der Waals surface area contributed by atoms with Gasteiger partial charge >= 0.3 is 11.5 Å². The average molecular weight is 834 g/mol. The first-order valence-corrected chi connectivity index (χ1v) is 20.9. The van der Waals surface area contributed by atoms with Gasteiger partial charge in [-0.1, -0.05) is 89.0 Å². The fourth-order valence-electron chi connectivity index (χ4n) is 6.27. The molecule has 0 atom stereocenters. The molecule has 0 amide bonds. The fourth-order valence-corrected chi connectivity index (χ4v) is 6.82. The number of Topliss-reactive ketones (excluding diaryl/α,β-unsaturated/α-hetero) is 1. The molecule has 304 valence electrons. The number of hydrogen-bond donors (Lipinski definition) is 0. The maximum absolute atomic E-state index is 13.8. The Labute approximate surface area is 353 Å². The molecule has 0 spiro atoms. The van der Waals surface area contributed by atoms with Crippen LogP contribution in [0.5, 0.6) is 0 Å². The van der Waals surface area contributed by atoms with Gasteiger partial charge in [0.1, 0.15) is 16.9 Å². The highest BCUT2D eigenvalue weighted by atomic mass is 35.5. The first-order valence-electron chi connectivity index (χ1n) is 19.8. The maximum Gasteiger partial charge on any atom is 0.360 e. The van der Waals surface area contributed by atoms with E-state index in [9.17, 15) is 9.90 Å². The minimum atomic E-state index is -0.530. The first kappa shape index (κ1) is 44.5. The summed E-state index contributed by atoms with van der Waals surface area (Å²) in [6.07, 6.45) is 9.60. The summed E-state index contributed by atoms with van der Waals surface area (Å²) in [6, 6.07) is 14.8. The van der Waals surface area contributed by atoms with E-state index >= 15 is 0 Å². The number of carbonyl (C=O) groups is 1. The molecule has 0 N–H and O–H groups in total. The molecule has 1 aliphatic heterocycles. The molecule has 3 aromatic rings. The molecule has 5 rings (SSSR count). The summed E-state index contributed by atoms with van der Waals surface area (Å²) in [4.78, 5) is 13.8. The predicted molar refractivity (Wildman–Crippen MR) is 232 cm³/mol. The lowest BCUT2D eigenvalue weighted by molar-refractivity contribution is -0.300. The summed E-state index contributed by atoms with van der Waals surface area (Å²) in [7, 11) is 0. The van der Waals surface area contributed by atoms with Gasteiger partial charge in [0.05, 0.1) is 34.9 Å². The summed E-state index contributed by atoms with van der Waals surface area (Å²) < 4.78 is 25.2. The van der Waals surface area contributed by atoms with Crippen LogP contribution in [0, 0.1) is 17.3 Å². The van der Waals surface area contributed by atoms with Crippen LogP contribution in [0.15, 0.2) is 99.4 Å². The summed E-state index contributed by atoms with van der Waals surface area (Å²) in [5.41, 5.74) is 3.01. The van der Waals surface area contributed by atoms with Crippen LogP contribution in [-0.2, 0) is 30.8 Å². The van der Waals surface area contributed by atoms with Gasteiger partial charge in [-0.15, -0.1) is 0 Å². The SMILES string of the molecule is CCc1cc(-c2cc(C=C3C(=O)C(/C=C4/C=C(c5ccc(Cl)c(Cl)c5)OC(C(C)(C)COCCC(C)C)=C4)=C3[O-])cc(C(C)(C)COCCC(C)C)[o+]2)ccc1Cl. The standard InChI is InChI=1S/C48H55Cl3O6/c1-10-33-25-34(11-13-38(33)49)41-21-31(23-43(56-41)47(6,7)27-54-17-15-29(2)3)19-36-45(52)37(46(36)53)20-32-22-42(35-12-14-39(50)40(51)26-35)57-44(24-32)48(8,9)28-55-18-16-30(4)5/h11-14,19-26,29-30H,10,15-18,27-28H2,1-9H3. The number of benzene rings is 2. The molecule has 9 heteroatoms. The number of ether oxygens (including phenoxy) is 3. The lowest BCUT2D eigenvalue weighted by atomic mass is 9.83. The van der Waals surface area contributed by atoms with Crippen LogP contribution in [0.4, 0.5) is 0 Å². The lowest BCUT2D eigenvalue weighted by Crippen LogP contribution is -2.29. The summed E-state index contributed by atoms with van der Waals surface area (Å²) >= 11 is 19.1. The van der Waals surface area contributed by atoms with Crippen molar-refractivity contribution in [2.45, 2.75) is 87.0 Å². The third kappa shape index (κ3) is 11.3. The molecule has 1 aliphatic carbocycles. The second-order valence-electron chi connectivity index (χ2n) is 17.0. The molecule has 0 unspecified atom stereocenters. The molecule has 6 nitrogen and oxygen atoms in total. The van der Waals surface area contributed by atoms with Gasteiger partial charge in [-0.05, 0) is 122 Å². The molecule has 2 heterocycles. The Hall–Kier alpha value is -3.65. The topological polar surface area (TPSA) is 79.1 Å². The molecule has 2 aliphatic rings. The molecule has 0 saturated heterocycles. The van der Waals surface area contributed by atoms with Gasteiger partial charge in [0, 0.05) is 46.4 Å². The van der Waals surface area contributed by atoms with Crippen molar-refractivity contribution < 1.29 is 28.5 Å². The molecular formula is C48H55Cl3O6. The molecule has 57 heavy (non-hydrogen) atoms. The van der Waals surface area contributed by atoms with E-state index in [0.717, 1.165) is 30.4 Å². The Kier molecular flexibility index (Phi) is 14.8. The molecular weight excluding hydrogens is 779 g/mol. The van der Waals surface area contributed by atoms with Crippen LogP contribution in [-0.4, -0.2) is 32.2 Å². The lowest BCUT2D eigenvalue weighted by Gasteiger charge is -2.32. The first-order chi connectivity index (χ1) is 26.9. The van der Waals surface area contributed by atoms with E-state index in [1.807, 2.05) is 63.2 Å². The molecule has 0 radical (unpaired) electrons. The molecule has 0 fully saturated rings. The minimum absolute atomic E-state index is 0.0923. The van der Waals surface area contributed by atoms with Gasteiger partial charge in [0.15, 0.2) is 5.78 Å². The van der Waals surface area contributed by atoms with Gasteiger partial charge in [-0.2, -0.15) is 0 Å². The van der Waals surface area contributed by atoms with Crippen LogP contribution < -0.4 is 5.11 Å². The zero-order valence-electron chi connectivity index (χ0n) is 34.6. The van der Waals surface area contributed by atoms with E-state index in [1.54, 1.807) is 30.4 Å². The van der Waals surface area contributed by atoms with Crippen molar-refractivity contribution in [1.82, 2.24) is 0 Å². The number of ketones is 1. The summed E-state index contributed by atoms with van der Waals surface area (Å²) in [6.45, 7) is 21.0. The third-order valence-corrected chi connectivity index (χ3v) is 11.2. The smallest absolute Gasteiger partial charge is 0.360 e. The van der Waals surface area contributed by atoms with Crippen molar-refractivity contribution in [2.24, 2.45) is 17.3 Å². The van der Waals surface area contributed by atoms with Gasteiger partial charge < -0.3 is 19.3 Å². The van der Waals surface area contributed by atoms with Crippen LogP contribution >= 0.6 is 34.8 Å². The predicted octanol–water partition coefficient (Wildman–Crippen LogP) is 12.6. The number of rotatable bonds is 17. The van der Waals surface area contributed by atoms with E-state index in [1.165, 1.54) is 0 Å². The molecule has 2 aromatic carbocycles. The van der Waals surface area contributed by atoms with Crippen molar-refractivity contribution in [3.8, 4) is 11.3 Å². The molecule has 0 saturated carbocycles. The zero-order chi connectivity index (χ0) is 41.7. The van der Waals surface area contributed by atoms with Crippen LogP contribution in [0.2, 0.25) is 15.1 Å². The number of halogens is 3. The van der Waals surface area contributed by atoms with Crippen molar-refractivity contribution in [3.05, 3.63) is 133 Å². The van der Waals surface area contributed by atoms with Gasteiger partial charge in [0.2, 0.25) is 0 Å². The molecule has 0 bridgehead atoms. The van der Waals surface area contributed by atoms with Gasteiger partial charge in [-0.3, -0.25) is 4.79 Å². The maximum atomic E-state index is 13.8. The van der Waals surface area contributed by atoms with Crippen molar-refractivity contribution in [1.29, 1.82) is 0 Å². The molecule has 1 aromatic heterocycles. The van der Waals surface area contributed by atoms with Crippen molar-refractivity contribution >= 4 is 52.4 Å². The third-order valence-electron chi connectivity index (χ3n) is 10.1. The Bertz CT molecular complexity index is 2130. The highest BCUT2D eigenvalue weighted by Crippen LogP contribution is 2.40. The average Bonchev–Trinajstić information content (AvgIpc) is 3.17. The highest BCUT2D eigenvalue weighted by molar-refractivity contribution is 6.42. The van der Waals surface area contributed by atoms with Crippen molar-refractivity contribution in [3.63, 3.8) is 0 Å². The van der Waals surface area contributed by atoms with E-state index in [2.05, 4.69) is 41.5 Å².